The van der Waals surface area contributed by atoms with Crippen molar-refractivity contribution in [2.45, 2.75) is 26.7 Å². The summed E-state index contributed by atoms with van der Waals surface area (Å²) in [6.45, 7) is 4.99. The molecule has 5 heteroatoms. The van der Waals surface area contributed by atoms with Crippen molar-refractivity contribution >= 4 is 17.5 Å². The van der Waals surface area contributed by atoms with Gasteiger partial charge in [0.2, 0.25) is 5.91 Å². The Morgan fingerprint density at radius 3 is 2.58 bits per heavy atom. The zero-order valence-corrected chi connectivity index (χ0v) is 15.1. The van der Waals surface area contributed by atoms with Crippen molar-refractivity contribution in [3.05, 3.63) is 65.0 Å². The van der Waals surface area contributed by atoms with Gasteiger partial charge in [0.1, 0.15) is 5.82 Å². The van der Waals surface area contributed by atoms with Gasteiger partial charge in [-0.15, -0.1) is 0 Å². The minimum absolute atomic E-state index is 0.0599. The number of carbonyl (C=O) groups excluding carboxylic acids is 2. The van der Waals surface area contributed by atoms with Gasteiger partial charge in [-0.1, -0.05) is 12.1 Å². The standard InChI is InChI=1S/C21H23FN2O2/c1-14-5-3-7-19(15(14)2)23-20(25)17-6-4-12-24(13-17)21(26)16-8-10-18(22)11-9-16/h3,5,7-11,17H,4,6,12-13H2,1-2H3,(H,23,25)/t17-/m1/s1. The van der Waals surface area contributed by atoms with Crippen LogP contribution in [0.5, 0.6) is 0 Å². The van der Waals surface area contributed by atoms with Gasteiger partial charge < -0.3 is 10.2 Å². The Kier molecular flexibility index (Phi) is 5.35. The van der Waals surface area contributed by atoms with Gasteiger partial charge in [0.15, 0.2) is 0 Å². The first-order chi connectivity index (χ1) is 12.5. The normalized spacial score (nSPS) is 17.0. The molecule has 1 N–H and O–H groups in total. The van der Waals surface area contributed by atoms with Gasteiger partial charge in [-0.2, -0.15) is 0 Å². The van der Waals surface area contributed by atoms with Crippen LogP contribution in [0.25, 0.3) is 0 Å². The van der Waals surface area contributed by atoms with Gasteiger partial charge in [0.05, 0.1) is 5.92 Å². The van der Waals surface area contributed by atoms with E-state index in [0.717, 1.165) is 29.7 Å². The molecule has 1 saturated heterocycles. The van der Waals surface area contributed by atoms with Crippen molar-refractivity contribution in [1.29, 1.82) is 0 Å². The second-order valence-corrected chi connectivity index (χ2v) is 6.83. The number of aryl methyl sites for hydroxylation is 1. The quantitative estimate of drug-likeness (QED) is 0.908. The number of hydrogen-bond acceptors (Lipinski definition) is 2. The zero-order valence-electron chi connectivity index (χ0n) is 15.1. The van der Waals surface area contributed by atoms with Gasteiger partial charge in [0, 0.05) is 24.3 Å². The molecule has 136 valence electrons. The third-order valence-corrected chi connectivity index (χ3v) is 5.03. The fourth-order valence-corrected chi connectivity index (χ4v) is 3.27. The molecular weight excluding hydrogens is 331 g/mol. The van der Waals surface area contributed by atoms with Crippen molar-refractivity contribution in [1.82, 2.24) is 4.90 Å². The number of rotatable bonds is 3. The van der Waals surface area contributed by atoms with Gasteiger partial charge in [-0.3, -0.25) is 9.59 Å². The third-order valence-electron chi connectivity index (χ3n) is 5.03. The first kappa shape index (κ1) is 18.1. The molecule has 2 aromatic rings. The van der Waals surface area contributed by atoms with E-state index in [2.05, 4.69) is 5.32 Å². The number of halogens is 1. The Hall–Kier alpha value is -2.69. The van der Waals surface area contributed by atoms with E-state index in [4.69, 9.17) is 0 Å². The summed E-state index contributed by atoms with van der Waals surface area (Å²) in [5, 5.41) is 3.00. The maximum Gasteiger partial charge on any atom is 0.253 e. The van der Waals surface area contributed by atoms with Crippen molar-refractivity contribution in [2.75, 3.05) is 18.4 Å². The molecule has 1 aliphatic rings. The molecule has 0 aromatic heterocycles. The van der Waals surface area contributed by atoms with Crippen molar-refractivity contribution < 1.29 is 14.0 Å². The molecule has 0 bridgehead atoms. The van der Waals surface area contributed by atoms with E-state index in [-0.39, 0.29) is 23.5 Å². The van der Waals surface area contributed by atoms with E-state index >= 15 is 0 Å². The van der Waals surface area contributed by atoms with Crippen LogP contribution in [0.4, 0.5) is 10.1 Å². The molecule has 2 aromatic carbocycles. The second kappa shape index (κ2) is 7.68. The smallest absolute Gasteiger partial charge is 0.253 e. The van der Waals surface area contributed by atoms with Crippen LogP contribution in [-0.2, 0) is 4.79 Å². The lowest BCUT2D eigenvalue weighted by atomic mass is 9.96. The SMILES string of the molecule is Cc1cccc(NC(=O)[C@@H]2CCCN(C(=O)c3ccc(F)cc3)C2)c1C. The molecule has 2 amide bonds. The lowest BCUT2D eigenvalue weighted by Crippen LogP contribution is -2.43. The predicted octanol–water partition coefficient (Wildman–Crippen LogP) is 3.93. The van der Waals surface area contributed by atoms with Crippen LogP contribution < -0.4 is 5.32 Å². The number of nitrogens with one attached hydrogen (secondary N) is 1. The van der Waals surface area contributed by atoms with Crippen molar-refractivity contribution in [3.8, 4) is 0 Å². The molecule has 0 radical (unpaired) electrons. The highest BCUT2D eigenvalue weighted by Gasteiger charge is 2.29. The Bertz CT molecular complexity index is 817. The molecule has 0 saturated carbocycles. The Morgan fingerprint density at radius 1 is 1.12 bits per heavy atom. The van der Waals surface area contributed by atoms with Crippen LogP contribution in [0.2, 0.25) is 0 Å². The van der Waals surface area contributed by atoms with Gasteiger partial charge >= 0.3 is 0 Å². The number of piperidine rings is 1. The molecule has 0 unspecified atom stereocenters. The summed E-state index contributed by atoms with van der Waals surface area (Å²) < 4.78 is 13.1. The average molecular weight is 354 g/mol. The highest BCUT2D eigenvalue weighted by molar-refractivity contribution is 5.96. The van der Waals surface area contributed by atoms with Crippen LogP contribution in [0.1, 0.15) is 34.3 Å². The van der Waals surface area contributed by atoms with Gasteiger partial charge in [0.25, 0.3) is 5.91 Å². The van der Waals surface area contributed by atoms with Crippen LogP contribution in [0.3, 0.4) is 0 Å². The topological polar surface area (TPSA) is 49.4 Å². The summed E-state index contributed by atoms with van der Waals surface area (Å²) in [6, 6.07) is 11.3. The molecule has 0 spiro atoms. The monoisotopic (exact) mass is 354 g/mol. The van der Waals surface area contributed by atoms with Crippen LogP contribution in [0, 0.1) is 25.6 Å². The minimum atomic E-state index is -0.369. The van der Waals surface area contributed by atoms with E-state index in [9.17, 15) is 14.0 Å². The fraction of sp³-hybridized carbons (Fsp3) is 0.333. The van der Waals surface area contributed by atoms with Crippen LogP contribution >= 0.6 is 0 Å². The van der Waals surface area contributed by atoms with E-state index < -0.39 is 0 Å². The lowest BCUT2D eigenvalue weighted by Gasteiger charge is -2.32. The molecule has 1 fully saturated rings. The Labute approximate surface area is 153 Å². The maximum absolute atomic E-state index is 13.1. The number of likely N-dealkylation sites (tertiary alicyclic amines) is 1. The molecule has 0 aliphatic carbocycles. The summed E-state index contributed by atoms with van der Waals surface area (Å²) in [4.78, 5) is 27.0. The number of hydrogen-bond donors (Lipinski definition) is 1. The molecule has 1 aliphatic heterocycles. The molecule has 26 heavy (non-hydrogen) atoms. The maximum atomic E-state index is 13.1. The summed E-state index contributed by atoms with van der Waals surface area (Å²) in [5.41, 5.74) is 3.44. The first-order valence-electron chi connectivity index (χ1n) is 8.87. The van der Waals surface area contributed by atoms with E-state index in [1.54, 1.807) is 4.90 Å². The molecular formula is C21H23FN2O2. The van der Waals surface area contributed by atoms with Crippen LogP contribution in [0.15, 0.2) is 42.5 Å². The number of amides is 2. The number of carbonyl (C=O) groups is 2. The largest absolute Gasteiger partial charge is 0.338 e. The molecule has 1 atom stereocenters. The number of benzene rings is 2. The van der Waals surface area contributed by atoms with Gasteiger partial charge in [-0.25, -0.2) is 4.39 Å². The van der Waals surface area contributed by atoms with E-state index in [1.807, 2.05) is 32.0 Å². The highest BCUT2D eigenvalue weighted by atomic mass is 19.1. The summed E-state index contributed by atoms with van der Waals surface area (Å²) in [7, 11) is 0. The Morgan fingerprint density at radius 2 is 1.85 bits per heavy atom. The van der Waals surface area contributed by atoms with Crippen LogP contribution in [-0.4, -0.2) is 29.8 Å². The summed E-state index contributed by atoms with van der Waals surface area (Å²) in [6.07, 6.45) is 1.53. The predicted molar refractivity (Wildman–Crippen MR) is 99.6 cm³/mol. The lowest BCUT2D eigenvalue weighted by molar-refractivity contribution is -0.121. The average Bonchev–Trinajstić information content (AvgIpc) is 2.65. The third kappa shape index (κ3) is 3.93. The first-order valence-corrected chi connectivity index (χ1v) is 8.87. The summed E-state index contributed by atoms with van der Waals surface area (Å²) in [5.74, 6) is -0.830. The van der Waals surface area contributed by atoms with Crippen molar-refractivity contribution in [3.63, 3.8) is 0 Å². The number of nitrogens with zero attached hydrogens (tertiary/aromatic N) is 1. The fourth-order valence-electron chi connectivity index (χ4n) is 3.27. The Balaban J connectivity index is 1.67. The molecule has 3 rings (SSSR count). The number of anilines is 1. The van der Waals surface area contributed by atoms with E-state index in [1.165, 1.54) is 24.3 Å². The second-order valence-electron chi connectivity index (χ2n) is 6.83. The minimum Gasteiger partial charge on any atom is -0.338 e. The summed E-state index contributed by atoms with van der Waals surface area (Å²) >= 11 is 0. The highest BCUT2D eigenvalue weighted by Crippen LogP contribution is 2.23. The van der Waals surface area contributed by atoms with Crippen molar-refractivity contribution in [2.24, 2.45) is 5.92 Å². The molecule has 1 heterocycles. The van der Waals surface area contributed by atoms with Gasteiger partial charge in [-0.05, 0) is 68.1 Å². The van der Waals surface area contributed by atoms with E-state index in [0.29, 0.717) is 18.7 Å². The molecule has 4 nitrogen and oxygen atoms in total. The zero-order chi connectivity index (χ0) is 18.7.